The van der Waals surface area contributed by atoms with Gasteiger partial charge in [0.2, 0.25) is 0 Å². The van der Waals surface area contributed by atoms with Crippen molar-refractivity contribution < 1.29 is 14.0 Å². The van der Waals surface area contributed by atoms with Crippen molar-refractivity contribution in [3.05, 3.63) is 92.3 Å². The molecular formula is C27H22ClN5O4. The number of allylic oxidation sites excluding steroid dienone is 1. The number of halogens is 1. The normalized spacial score (nSPS) is 14.1. The van der Waals surface area contributed by atoms with Gasteiger partial charge in [0.05, 0.1) is 17.3 Å². The van der Waals surface area contributed by atoms with Crippen LogP contribution in [0.3, 0.4) is 0 Å². The summed E-state index contributed by atoms with van der Waals surface area (Å²) in [5, 5.41) is 4.43. The summed E-state index contributed by atoms with van der Waals surface area (Å²) in [7, 11) is 0. The van der Waals surface area contributed by atoms with Gasteiger partial charge in [-0.1, -0.05) is 35.0 Å². The molecule has 3 aromatic heterocycles. The number of nitrogens with one attached hydrogen (secondary N) is 1. The summed E-state index contributed by atoms with van der Waals surface area (Å²) in [6.07, 6.45) is 1.65. The Labute approximate surface area is 216 Å². The largest absolute Gasteiger partial charge is 0.488 e. The van der Waals surface area contributed by atoms with E-state index in [1.165, 1.54) is 0 Å². The lowest BCUT2D eigenvalue weighted by Crippen LogP contribution is -2.05. The molecule has 1 aliphatic heterocycles. The second-order valence-electron chi connectivity index (χ2n) is 8.65. The minimum absolute atomic E-state index is 0.330. The topological polar surface area (TPSA) is 108 Å². The monoisotopic (exact) mass is 515 g/mol. The predicted molar refractivity (Wildman–Crippen MR) is 139 cm³/mol. The van der Waals surface area contributed by atoms with Crippen LogP contribution in [0.4, 0.5) is 0 Å². The number of pyridine rings is 1. The lowest BCUT2D eigenvalue weighted by atomic mass is 9.88. The van der Waals surface area contributed by atoms with Crippen molar-refractivity contribution >= 4 is 33.9 Å². The smallest absolute Gasteiger partial charge is 0.439 e. The molecule has 4 heterocycles. The molecule has 0 radical (unpaired) electrons. The van der Waals surface area contributed by atoms with Crippen LogP contribution in [0.2, 0.25) is 5.02 Å². The number of fused-ring (bicyclic) bond motifs is 3. The van der Waals surface area contributed by atoms with Crippen LogP contribution >= 0.6 is 11.6 Å². The summed E-state index contributed by atoms with van der Waals surface area (Å²) >= 11 is 6.41. The summed E-state index contributed by atoms with van der Waals surface area (Å²) in [6.45, 7) is 6.60. The maximum atomic E-state index is 11.7. The number of ether oxygens (including phenoxy) is 2. The minimum Gasteiger partial charge on any atom is -0.488 e. The van der Waals surface area contributed by atoms with Crippen molar-refractivity contribution in [2.75, 3.05) is 6.61 Å². The summed E-state index contributed by atoms with van der Waals surface area (Å²) in [5.41, 5.74) is 7.48. The number of imidazole rings is 1. The first-order valence-corrected chi connectivity index (χ1v) is 12.1. The number of benzene rings is 2. The maximum absolute atomic E-state index is 11.7. The van der Waals surface area contributed by atoms with E-state index < -0.39 is 5.76 Å². The van der Waals surface area contributed by atoms with Crippen molar-refractivity contribution in [3.63, 3.8) is 0 Å². The number of nitrogens with zero attached hydrogens (tertiary/aromatic N) is 4. The lowest BCUT2D eigenvalue weighted by molar-refractivity contribution is 0.305. The van der Waals surface area contributed by atoms with Crippen LogP contribution in [-0.2, 0) is 6.61 Å². The average Bonchev–Trinajstić information content (AvgIpc) is 3.44. The fraction of sp³-hybridized carbons (Fsp3) is 0.185. The van der Waals surface area contributed by atoms with Gasteiger partial charge in [0, 0.05) is 17.3 Å². The summed E-state index contributed by atoms with van der Waals surface area (Å²) < 4.78 is 18.8. The van der Waals surface area contributed by atoms with Gasteiger partial charge in [-0.2, -0.15) is 4.98 Å². The highest BCUT2D eigenvalue weighted by atomic mass is 35.5. The zero-order chi connectivity index (χ0) is 25.7. The highest BCUT2D eigenvalue weighted by Crippen LogP contribution is 2.43. The number of hydrogen-bond donors (Lipinski definition) is 1. The molecule has 0 spiro atoms. The second-order valence-corrected chi connectivity index (χ2v) is 9.06. The molecule has 10 heteroatoms. The van der Waals surface area contributed by atoms with Crippen molar-refractivity contribution in [2.45, 2.75) is 27.4 Å². The fourth-order valence-electron chi connectivity index (χ4n) is 4.74. The molecule has 0 fully saturated rings. The van der Waals surface area contributed by atoms with Crippen molar-refractivity contribution in [1.82, 2.24) is 24.7 Å². The van der Waals surface area contributed by atoms with Gasteiger partial charge in [-0.3, -0.25) is 9.51 Å². The van der Waals surface area contributed by atoms with Crippen LogP contribution in [-0.4, -0.2) is 31.3 Å². The van der Waals surface area contributed by atoms with Crippen LogP contribution in [0.25, 0.3) is 28.0 Å². The molecule has 5 aromatic rings. The molecule has 1 aliphatic rings. The highest BCUT2D eigenvalue weighted by Gasteiger charge is 2.26. The van der Waals surface area contributed by atoms with Crippen LogP contribution in [0, 0.1) is 6.92 Å². The Morgan fingerprint density at radius 3 is 2.89 bits per heavy atom. The molecule has 9 nitrogen and oxygen atoms in total. The number of aromatic amines is 1. The van der Waals surface area contributed by atoms with E-state index in [0.29, 0.717) is 41.2 Å². The van der Waals surface area contributed by atoms with Crippen molar-refractivity contribution in [1.29, 1.82) is 0 Å². The van der Waals surface area contributed by atoms with Gasteiger partial charge in [-0.05, 0) is 67.3 Å². The Morgan fingerprint density at radius 1 is 1.24 bits per heavy atom. The fourth-order valence-corrected chi connectivity index (χ4v) is 4.92. The third-order valence-electron chi connectivity index (χ3n) is 6.39. The lowest BCUT2D eigenvalue weighted by Gasteiger charge is -2.16. The third kappa shape index (κ3) is 3.79. The first kappa shape index (κ1) is 23.1. The van der Waals surface area contributed by atoms with Gasteiger partial charge in [0.1, 0.15) is 17.9 Å². The van der Waals surface area contributed by atoms with E-state index in [-0.39, 0.29) is 0 Å². The number of H-pyrrole nitrogens is 1. The van der Waals surface area contributed by atoms with Gasteiger partial charge in [-0.15, -0.1) is 0 Å². The van der Waals surface area contributed by atoms with E-state index in [0.717, 1.165) is 44.8 Å². The van der Waals surface area contributed by atoms with E-state index >= 15 is 0 Å². The number of hydrogen-bond acceptors (Lipinski definition) is 7. The average molecular weight is 516 g/mol. The van der Waals surface area contributed by atoms with Gasteiger partial charge in [-0.25, -0.2) is 14.3 Å². The van der Waals surface area contributed by atoms with Gasteiger partial charge in [0.25, 0.3) is 0 Å². The molecule has 6 rings (SSSR count). The van der Waals surface area contributed by atoms with E-state index in [1.54, 1.807) is 12.3 Å². The molecule has 0 aliphatic carbocycles. The van der Waals surface area contributed by atoms with E-state index in [9.17, 15) is 4.79 Å². The first-order chi connectivity index (χ1) is 18.0. The van der Waals surface area contributed by atoms with Crippen LogP contribution in [0.5, 0.6) is 11.8 Å². The Hall–Kier alpha value is -4.37. The molecule has 1 N–H and O–H groups in total. The number of aryl methyl sites for hydroxylation is 1. The second kappa shape index (κ2) is 8.94. The van der Waals surface area contributed by atoms with E-state index in [4.69, 9.17) is 25.6 Å². The molecule has 0 saturated heterocycles. The van der Waals surface area contributed by atoms with Crippen LogP contribution in [0.15, 0.2) is 58.0 Å². The molecule has 0 amide bonds. The van der Waals surface area contributed by atoms with Crippen LogP contribution in [0.1, 0.15) is 41.9 Å². The van der Waals surface area contributed by atoms with E-state index in [1.807, 2.05) is 61.7 Å². The Morgan fingerprint density at radius 2 is 2.11 bits per heavy atom. The Kier molecular flexibility index (Phi) is 5.57. The standard InChI is InChI=1S/C27H22ClN5O4/c1-4-35-26-30-23-19(28)10-11-29-25(23)33(26)17-8-9-18-16(12-17)13-36-20-7-5-6-14(2)21(20)22(18)15(3)24-31-27(34)37-32-24/h5-12H,4,13H2,1-3H3,(H,31,32,34)/b22-15-. The molecule has 186 valence electrons. The molecule has 0 saturated carbocycles. The van der Waals surface area contributed by atoms with Crippen molar-refractivity contribution in [3.8, 4) is 17.4 Å². The zero-order valence-corrected chi connectivity index (χ0v) is 21.1. The predicted octanol–water partition coefficient (Wildman–Crippen LogP) is 5.33. The van der Waals surface area contributed by atoms with Gasteiger partial charge < -0.3 is 9.47 Å². The number of aromatic nitrogens is 5. The van der Waals surface area contributed by atoms with Gasteiger partial charge in [0.15, 0.2) is 11.5 Å². The van der Waals surface area contributed by atoms with Gasteiger partial charge >= 0.3 is 11.8 Å². The summed E-state index contributed by atoms with van der Waals surface area (Å²) in [6, 6.07) is 14.1. The quantitative estimate of drug-likeness (QED) is 0.344. The van der Waals surface area contributed by atoms with Crippen LogP contribution < -0.4 is 15.2 Å². The highest BCUT2D eigenvalue weighted by molar-refractivity contribution is 6.34. The van der Waals surface area contributed by atoms with Crippen molar-refractivity contribution in [2.24, 2.45) is 0 Å². The third-order valence-corrected chi connectivity index (χ3v) is 6.70. The Bertz CT molecular complexity index is 1760. The molecule has 37 heavy (non-hydrogen) atoms. The van der Waals surface area contributed by atoms with E-state index in [2.05, 4.69) is 20.1 Å². The molecular weight excluding hydrogens is 494 g/mol. The summed E-state index contributed by atoms with van der Waals surface area (Å²) in [4.78, 5) is 23.5. The number of rotatable bonds is 4. The molecule has 0 bridgehead atoms. The maximum Gasteiger partial charge on any atom is 0.439 e. The molecule has 2 aromatic carbocycles. The zero-order valence-electron chi connectivity index (χ0n) is 20.3. The molecule has 0 atom stereocenters. The first-order valence-electron chi connectivity index (χ1n) is 11.8. The Balaban J connectivity index is 1.60. The molecule has 0 unspecified atom stereocenters. The summed E-state index contributed by atoms with van der Waals surface area (Å²) in [5.74, 6) is 0.501. The SMILES string of the molecule is CCOc1nc2c(Cl)ccnc2n1-c1ccc2c(c1)COc1cccc(C)c1/C2=C(/C)c1noc(=O)[nH]1. The minimum atomic E-state index is -0.609.